The minimum Gasteiger partial charge on any atom is -0.358 e. The third-order valence-corrected chi connectivity index (χ3v) is 5.80. The third-order valence-electron chi connectivity index (χ3n) is 5.80. The normalized spacial score (nSPS) is 18.1. The molecule has 2 aromatic carbocycles. The Bertz CT molecular complexity index is 839. The Balaban J connectivity index is -0.00000127. The predicted molar refractivity (Wildman–Crippen MR) is 158 cm³/mol. The first-order chi connectivity index (χ1) is 16.5. The number of aliphatic imine (C=N–C) groups is 1. The zero-order valence-corrected chi connectivity index (χ0v) is 27.8. The second kappa shape index (κ2) is 21.7. The van der Waals surface area contributed by atoms with Gasteiger partial charge in [-0.25, -0.2) is 5.01 Å². The zero-order valence-electron chi connectivity index (χ0n) is 24.9. The summed E-state index contributed by atoms with van der Waals surface area (Å²) in [6.07, 6.45) is 0. The SMILES string of the molecule is CC.CC.CC.CCN(C)CN=C(CN)N1N=C(c2ccccc2)C(C)(c2ccccc2)C1C.[CH3-].[Y]. The van der Waals surface area contributed by atoms with Crippen LogP contribution in [-0.4, -0.2) is 54.3 Å². The number of nitrogens with zero attached hydrogens (tertiary/aromatic N) is 4. The van der Waals surface area contributed by atoms with Crippen molar-refractivity contribution in [3.63, 3.8) is 0 Å². The van der Waals surface area contributed by atoms with E-state index in [0.29, 0.717) is 13.2 Å². The van der Waals surface area contributed by atoms with Crippen molar-refractivity contribution in [2.45, 2.75) is 73.8 Å². The van der Waals surface area contributed by atoms with E-state index in [1.807, 2.05) is 52.6 Å². The summed E-state index contributed by atoms with van der Waals surface area (Å²) in [5, 5.41) is 7.09. The molecule has 5 nitrogen and oxygen atoms in total. The molecule has 201 valence electrons. The molecule has 0 spiro atoms. The molecule has 0 saturated heterocycles. The van der Waals surface area contributed by atoms with Gasteiger partial charge in [0.1, 0.15) is 5.84 Å². The van der Waals surface area contributed by atoms with Crippen LogP contribution in [-0.2, 0) is 38.1 Å². The van der Waals surface area contributed by atoms with Crippen LogP contribution in [0.1, 0.15) is 73.4 Å². The monoisotopic (exact) mass is 571 g/mol. The summed E-state index contributed by atoms with van der Waals surface area (Å²) in [7, 11) is 2.05. The van der Waals surface area contributed by atoms with Crippen LogP contribution >= 0.6 is 0 Å². The van der Waals surface area contributed by atoms with Crippen LogP contribution < -0.4 is 5.73 Å². The Labute approximate surface area is 248 Å². The van der Waals surface area contributed by atoms with Gasteiger partial charge in [-0.05, 0) is 38.6 Å². The molecule has 0 aromatic heterocycles. The fourth-order valence-electron chi connectivity index (χ4n) is 3.67. The number of hydrazone groups is 1. The molecular formula is C30H52N5Y-. The summed E-state index contributed by atoms with van der Waals surface area (Å²) in [5.41, 5.74) is 9.25. The third kappa shape index (κ3) is 9.81. The molecule has 3 rings (SSSR count). The Morgan fingerprint density at radius 3 is 1.89 bits per heavy atom. The summed E-state index contributed by atoms with van der Waals surface area (Å²) < 4.78 is 0. The van der Waals surface area contributed by atoms with Gasteiger partial charge in [-0.1, -0.05) is 109 Å². The minimum atomic E-state index is -0.269. The quantitative estimate of drug-likeness (QED) is 0.235. The smallest absolute Gasteiger partial charge is 0.135 e. The van der Waals surface area contributed by atoms with E-state index in [2.05, 4.69) is 87.3 Å². The molecule has 0 aliphatic carbocycles. The number of hydrogen-bond donors (Lipinski definition) is 1. The molecule has 0 bridgehead atoms. The Kier molecular flexibility index (Phi) is 23.5. The molecule has 2 atom stereocenters. The van der Waals surface area contributed by atoms with E-state index in [1.165, 1.54) is 5.56 Å². The van der Waals surface area contributed by atoms with E-state index in [4.69, 9.17) is 15.8 Å². The second-order valence-corrected chi connectivity index (χ2v) is 7.50. The average molecular weight is 572 g/mol. The maximum absolute atomic E-state index is 6.09. The van der Waals surface area contributed by atoms with Crippen LogP contribution in [0.25, 0.3) is 0 Å². The fraction of sp³-hybridized carbons (Fsp3) is 0.500. The predicted octanol–water partition coefficient (Wildman–Crippen LogP) is 6.85. The van der Waals surface area contributed by atoms with Gasteiger partial charge in [0.15, 0.2) is 0 Å². The largest absolute Gasteiger partial charge is 0.358 e. The molecule has 0 saturated carbocycles. The van der Waals surface area contributed by atoms with Crippen LogP contribution in [0.15, 0.2) is 70.8 Å². The van der Waals surface area contributed by atoms with E-state index in [0.717, 1.165) is 23.7 Å². The number of amidine groups is 1. The van der Waals surface area contributed by atoms with Crippen molar-refractivity contribution < 1.29 is 32.7 Å². The molecule has 1 radical (unpaired) electrons. The van der Waals surface area contributed by atoms with Crippen molar-refractivity contribution in [1.29, 1.82) is 0 Å². The van der Waals surface area contributed by atoms with Gasteiger partial charge in [-0.3, -0.25) is 9.89 Å². The van der Waals surface area contributed by atoms with E-state index >= 15 is 0 Å². The van der Waals surface area contributed by atoms with Gasteiger partial charge in [0.05, 0.1) is 30.4 Å². The topological polar surface area (TPSA) is 57.2 Å². The summed E-state index contributed by atoms with van der Waals surface area (Å²) >= 11 is 0. The van der Waals surface area contributed by atoms with Crippen molar-refractivity contribution >= 4 is 11.5 Å². The summed E-state index contributed by atoms with van der Waals surface area (Å²) in [4.78, 5) is 6.92. The van der Waals surface area contributed by atoms with Crippen molar-refractivity contribution in [1.82, 2.24) is 9.91 Å². The van der Waals surface area contributed by atoms with Crippen molar-refractivity contribution in [3.8, 4) is 0 Å². The molecule has 2 N–H and O–H groups in total. The van der Waals surface area contributed by atoms with Crippen LogP contribution in [0.2, 0.25) is 0 Å². The van der Waals surface area contributed by atoms with Crippen molar-refractivity contribution in [2.24, 2.45) is 15.8 Å². The van der Waals surface area contributed by atoms with Crippen LogP contribution in [0.3, 0.4) is 0 Å². The first-order valence-electron chi connectivity index (χ1n) is 12.9. The van der Waals surface area contributed by atoms with Gasteiger partial charge in [0.2, 0.25) is 0 Å². The first-order valence-corrected chi connectivity index (χ1v) is 12.9. The Morgan fingerprint density at radius 2 is 1.44 bits per heavy atom. The molecule has 1 heterocycles. The molecule has 36 heavy (non-hydrogen) atoms. The molecule has 0 amide bonds. The van der Waals surface area contributed by atoms with Crippen LogP contribution in [0, 0.1) is 7.43 Å². The molecule has 2 aromatic rings. The second-order valence-electron chi connectivity index (χ2n) is 7.50. The minimum absolute atomic E-state index is 0. The maximum Gasteiger partial charge on any atom is 0.135 e. The van der Waals surface area contributed by atoms with Gasteiger partial charge < -0.3 is 13.2 Å². The van der Waals surface area contributed by atoms with Crippen LogP contribution in [0.5, 0.6) is 0 Å². The van der Waals surface area contributed by atoms with Gasteiger partial charge in [0, 0.05) is 32.7 Å². The molecule has 0 fully saturated rings. The Morgan fingerprint density at radius 1 is 0.972 bits per heavy atom. The number of nitrogens with two attached hydrogens (primary N) is 1. The first kappa shape index (κ1) is 39.1. The fourth-order valence-corrected chi connectivity index (χ4v) is 3.67. The summed E-state index contributed by atoms with van der Waals surface area (Å²) in [5.74, 6) is 0.820. The number of benzene rings is 2. The number of rotatable bonds is 6. The number of hydrogen-bond acceptors (Lipinski definition) is 4. The standard InChI is InChI=1S/C23H31N5.3C2H6.CH3.Y/c1-5-27(4)17-25-21(16-24)28-18(2)23(3,20-14-10-7-11-15-20)22(26-28)19-12-8-6-9-13-19;3*1-2;;/h6-15,18H,5,16-17,24H2,1-4H3;3*1-2H3;1H3;/q;;;;-1;. The van der Waals surface area contributed by atoms with E-state index in [9.17, 15) is 0 Å². The summed E-state index contributed by atoms with van der Waals surface area (Å²) in [6, 6.07) is 21.1. The van der Waals surface area contributed by atoms with Gasteiger partial charge >= 0.3 is 0 Å². The Hall–Kier alpha value is -1.40. The van der Waals surface area contributed by atoms with Gasteiger partial charge in [0.25, 0.3) is 0 Å². The van der Waals surface area contributed by atoms with E-state index < -0.39 is 0 Å². The van der Waals surface area contributed by atoms with Crippen molar-refractivity contribution in [2.75, 3.05) is 26.8 Å². The van der Waals surface area contributed by atoms with Crippen molar-refractivity contribution in [3.05, 3.63) is 79.2 Å². The molecule has 6 heteroatoms. The molecule has 2 unspecified atom stereocenters. The molecular weight excluding hydrogens is 519 g/mol. The molecule has 1 aliphatic rings. The average Bonchev–Trinajstić information content (AvgIpc) is 3.20. The summed E-state index contributed by atoms with van der Waals surface area (Å²) in [6.45, 7) is 20.5. The zero-order chi connectivity index (χ0) is 26.1. The maximum atomic E-state index is 6.09. The van der Waals surface area contributed by atoms with E-state index in [-0.39, 0.29) is 51.6 Å². The van der Waals surface area contributed by atoms with E-state index in [1.54, 1.807) is 0 Å². The molecule has 1 aliphatic heterocycles. The van der Waals surface area contributed by atoms with Crippen LogP contribution in [0.4, 0.5) is 0 Å². The van der Waals surface area contributed by atoms with Gasteiger partial charge in [-0.15, -0.1) is 0 Å². The van der Waals surface area contributed by atoms with Gasteiger partial charge in [-0.2, -0.15) is 5.10 Å².